The maximum atomic E-state index is 12.3. The smallest absolute Gasteiger partial charge is 0.222 e. The zero-order valence-electron chi connectivity index (χ0n) is 18.2. The number of hydrogen-bond acceptors (Lipinski definition) is 6. The van der Waals surface area contributed by atoms with E-state index >= 15 is 0 Å². The Labute approximate surface area is 175 Å². The first kappa shape index (κ1) is 23.3. The number of nitrogens with one attached hydrogen (secondary N) is 1. The van der Waals surface area contributed by atoms with Gasteiger partial charge in [0.25, 0.3) is 0 Å². The monoisotopic (exact) mass is 403 g/mol. The molecular formula is C22H37N5O2. The SMILES string of the molecule is CONCCN(C)C(=O)CCC1=NCC(c2ccc(CCCCN)cc2)CN1C. The average molecular weight is 404 g/mol. The van der Waals surface area contributed by atoms with Crippen LogP contribution in [0.25, 0.3) is 0 Å². The van der Waals surface area contributed by atoms with Crippen LogP contribution >= 0.6 is 0 Å². The third-order valence-electron chi connectivity index (χ3n) is 5.48. The third-order valence-corrected chi connectivity index (χ3v) is 5.48. The normalized spacial score (nSPS) is 16.6. The molecule has 1 atom stereocenters. The number of benzene rings is 1. The van der Waals surface area contributed by atoms with Gasteiger partial charge in [-0.15, -0.1) is 0 Å². The zero-order valence-corrected chi connectivity index (χ0v) is 18.2. The molecule has 1 heterocycles. The largest absolute Gasteiger partial charge is 0.363 e. The van der Waals surface area contributed by atoms with Crippen molar-refractivity contribution < 1.29 is 9.63 Å². The summed E-state index contributed by atoms with van der Waals surface area (Å²) in [6, 6.07) is 8.95. The quantitative estimate of drug-likeness (QED) is 0.411. The van der Waals surface area contributed by atoms with Gasteiger partial charge >= 0.3 is 0 Å². The van der Waals surface area contributed by atoms with Crippen molar-refractivity contribution in [2.45, 2.75) is 38.0 Å². The molecule has 162 valence electrons. The summed E-state index contributed by atoms with van der Waals surface area (Å²) in [7, 11) is 5.47. The van der Waals surface area contributed by atoms with Crippen molar-refractivity contribution in [2.75, 3.05) is 53.9 Å². The van der Waals surface area contributed by atoms with Crippen LogP contribution in [0.4, 0.5) is 0 Å². The van der Waals surface area contributed by atoms with Crippen molar-refractivity contribution in [3.8, 4) is 0 Å². The van der Waals surface area contributed by atoms with Gasteiger partial charge in [0.05, 0.1) is 12.9 Å². The second-order valence-electron chi connectivity index (χ2n) is 7.74. The lowest BCUT2D eigenvalue weighted by Gasteiger charge is -2.31. The number of amidine groups is 1. The molecule has 3 N–H and O–H groups in total. The molecule has 0 bridgehead atoms. The molecule has 7 heteroatoms. The first-order valence-corrected chi connectivity index (χ1v) is 10.6. The number of nitrogens with zero attached hydrogens (tertiary/aromatic N) is 3. The van der Waals surface area contributed by atoms with Gasteiger partial charge in [-0.05, 0) is 36.9 Å². The number of likely N-dealkylation sites (N-methyl/N-ethyl adjacent to an activating group) is 2. The van der Waals surface area contributed by atoms with Gasteiger partial charge in [-0.2, -0.15) is 0 Å². The van der Waals surface area contributed by atoms with Crippen molar-refractivity contribution in [1.29, 1.82) is 0 Å². The number of hydroxylamine groups is 1. The molecule has 0 fully saturated rings. The Kier molecular flexibility index (Phi) is 10.1. The molecule has 0 spiro atoms. The van der Waals surface area contributed by atoms with E-state index in [1.54, 1.807) is 12.0 Å². The predicted molar refractivity (Wildman–Crippen MR) is 118 cm³/mol. The summed E-state index contributed by atoms with van der Waals surface area (Å²) < 4.78 is 0. The van der Waals surface area contributed by atoms with Crippen LogP contribution in [0, 0.1) is 0 Å². The zero-order chi connectivity index (χ0) is 21.1. The van der Waals surface area contributed by atoms with Gasteiger partial charge in [0.1, 0.15) is 0 Å². The molecule has 7 nitrogen and oxygen atoms in total. The molecule has 1 aliphatic heterocycles. The molecule has 1 aromatic rings. The number of rotatable bonds is 12. The number of unbranched alkanes of at least 4 members (excludes halogenated alkanes) is 1. The number of amides is 1. The van der Waals surface area contributed by atoms with Gasteiger partial charge in [0.15, 0.2) is 0 Å². The summed E-state index contributed by atoms with van der Waals surface area (Å²) in [5.74, 6) is 1.56. The number of nitrogens with two attached hydrogens (primary N) is 1. The fourth-order valence-electron chi connectivity index (χ4n) is 3.59. The molecule has 0 saturated heterocycles. The first-order chi connectivity index (χ1) is 14.0. The molecule has 0 radical (unpaired) electrons. The Balaban J connectivity index is 1.81. The van der Waals surface area contributed by atoms with E-state index in [9.17, 15) is 4.79 Å². The van der Waals surface area contributed by atoms with E-state index in [1.807, 2.05) is 7.05 Å². The van der Waals surface area contributed by atoms with Gasteiger partial charge in [-0.1, -0.05) is 24.3 Å². The van der Waals surface area contributed by atoms with Gasteiger partial charge in [0, 0.05) is 59.0 Å². The summed E-state index contributed by atoms with van der Waals surface area (Å²) in [5, 5.41) is 0. The summed E-state index contributed by atoms with van der Waals surface area (Å²) >= 11 is 0. The summed E-state index contributed by atoms with van der Waals surface area (Å²) in [4.78, 5) is 25.8. The van der Waals surface area contributed by atoms with Gasteiger partial charge in [-0.25, -0.2) is 5.48 Å². The third kappa shape index (κ3) is 7.76. The second kappa shape index (κ2) is 12.6. The highest BCUT2D eigenvalue weighted by Gasteiger charge is 2.22. The van der Waals surface area contributed by atoms with E-state index in [-0.39, 0.29) is 5.91 Å². The standard InChI is InChI=1S/C22H37N5O2/c1-26(15-14-25-29-3)22(28)12-11-21-24-16-20(17-27(21)2)19-9-7-18(8-10-19)6-4-5-13-23/h7-10,20,25H,4-6,11-17,23H2,1-3H3. The van der Waals surface area contributed by atoms with Crippen molar-refractivity contribution in [2.24, 2.45) is 10.7 Å². The van der Waals surface area contributed by atoms with Crippen LogP contribution in [0.15, 0.2) is 29.3 Å². The Hall–Kier alpha value is -1.96. The number of aliphatic imine (C=N–C) groups is 1. The fourth-order valence-corrected chi connectivity index (χ4v) is 3.59. The van der Waals surface area contributed by atoms with Crippen LogP contribution in [0.5, 0.6) is 0 Å². The van der Waals surface area contributed by atoms with Gasteiger partial charge in [0.2, 0.25) is 5.91 Å². The molecule has 2 rings (SSSR count). The molecular weight excluding hydrogens is 366 g/mol. The minimum absolute atomic E-state index is 0.131. The molecule has 1 amide bonds. The lowest BCUT2D eigenvalue weighted by molar-refractivity contribution is -0.129. The van der Waals surface area contributed by atoms with Crippen LogP contribution in [0.2, 0.25) is 0 Å². The van der Waals surface area contributed by atoms with Gasteiger partial charge in [-0.3, -0.25) is 9.79 Å². The van der Waals surface area contributed by atoms with Gasteiger partial charge < -0.3 is 20.4 Å². The van der Waals surface area contributed by atoms with Crippen molar-refractivity contribution >= 4 is 11.7 Å². The Morgan fingerprint density at radius 1 is 1.31 bits per heavy atom. The Bertz CT molecular complexity index is 647. The Morgan fingerprint density at radius 3 is 2.72 bits per heavy atom. The van der Waals surface area contributed by atoms with E-state index in [0.717, 1.165) is 44.7 Å². The van der Waals surface area contributed by atoms with E-state index < -0.39 is 0 Å². The Morgan fingerprint density at radius 2 is 2.07 bits per heavy atom. The van der Waals surface area contributed by atoms with Crippen LogP contribution in [0.1, 0.15) is 42.7 Å². The van der Waals surface area contributed by atoms with Crippen LogP contribution in [-0.2, 0) is 16.1 Å². The molecule has 1 unspecified atom stereocenters. The molecule has 29 heavy (non-hydrogen) atoms. The minimum atomic E-state index is 0.131. The molecule has 1 aromatic carbocycles. The predicted octanol–water partition coefficient (Wildman–Crippen LogP) is 1.79. The number of carbonyl (C=O) groups is 1. The molecule has 0 saturated carbocycles. The maximum Gasteiger partial charge on any atom is 0.222 e. The highest BCUT2D eigenvalue weighted by molar-refractivity contribution is 5.87. The summed E-state index contributed by atoms with van der Waals surface area (Å²) in [5.41, 5.74) is 11.0. The highest BCUT2D eigenvalue weighted by atomic mass is 16.6. The molecule has 1 aliphatic rings. The highest BCUT2D eigenvalue weighted by Crippen LogP contribution is 2.23. The second-order valence-corrected chi connectivity index (χ2v) is 7.74. The van der Waals surface area contributed by atoms with E-state index in [2.05, 4.69) is 41.7 Å². The van der Waals surface area contributed by atoms with E-state index in [0.29, 0.717) is 31.8 Å². The van der Waals surface area contributed by atoms with Crippen molar-refractivity contribution in [3.05, 3.63) is 35.4 Å². The lowest BCUT2D eigenvalue weighted by atomic mass is 9.95. The maximum absolute atomic E-state index is 12.3. The topological polar surface area (TPSA) is 83.2 Å². The van der Waals surface area contributed by atoms with Crippen molar-refractivity contribution in [1.82, 2.24) is 15.3 Å². The minimum Gasteiger partial charge on any atom is -0.363 e. The van der Waals surface area contributed by atoms with Crippen LogP contribution < -0.4 is 11.2 Å². The molecule has 0 aromatic heterocycles. The number of aryl methyl sites for hydroxylation is 1. The lowest BCUT2D eigenvalue weighted by Crippen LogP contribution is -2.38. The molecule has 0 aliphatic carbocycles. The van der Waals surface area contributed by atoms with Crippen LogP contribution in [-0.4, -0.2) is 75.5 Å². The van der Waals surface area contributed by atoms with Crippen LogP contribution in [0.3, 0.4) is 0 Å². The fraction of sp³-hybridized carbons (Fsp3) is 0.636. The summed E-state index contributed by atoms with van der Waals surface area (Å²) in [6.45, 7) is 3.73. The number of carbonyl (C=O) groups excluding carboxylic acids is 1. The van der Waals surface area contributed by atoms with E-state index in [4.69, 9.17) is 15.6 Å². The summed E-state index contributed by atoms with van der Waals surface area (Å²) in [6.07, 6.45) is 4.48. The average Bonchev–Trinajstić information content (AvgIpc) is 2.73. The number of hydrogen-bond donors (Lipinski definition) is 2. The van der Waals surface area contributed by atoms with E-state index in [1.165, 1.54) is 11.1 Å². The van der Waals surface area contributed by atoms with Crippen molar-refractivity contribution in [3.63, 3.8) is 0 Å². The first-order valence-electron chi connectivity index (χ1n) is 10.6.